The van der Waals surface area contributed by atoms with Gasteiger partial charge in [-0.05, 0) is 23.7 Å². The van der Waals surface area contributed by atoms with Gasteiger partial charge in [-0.1, -0.05) is 23.7 Å². The van der Waals surface area contributed by atoms with Gasteiger partial charge in [-0.25, -0.2) is 4.68 Å². The number of anilines is 1. The Kier molecular flexibility index (Phi) is 3.00. The van der Waals surface area contributed by atoms with Gasteiger partial charge in [0, 0.05) is 7.05 Å². The number of fused-ring (bicyclic) bond motifs is 1. The second-order valence-electron chi connectivity index (χ2n) is 3.84. The predicted molar refractivity (Wildman–Crippen MR) is 76.2 cm³/mol. The van der Waals surface area contributed by atoms with Gasteiger partial charge in [0.2, 0.25) is 5.28 Å². The van der Waals surface area contributed by atoms with Crippen LogP contribution < -0.4 is 5.32 Å². The quantitative estimate of drug-likeness (QED) is 0.738. The molecule has 5 nitrogen and oxygen atoms in total. The van der Waals surface area contributed by atoms with Crippen LogP contribution in [0, 0.1) is 0 Å². The molecule has 96 valence electrons. The van der Waals surface area contributed by atoms with Gasteiger partial charge < -0.3 is 5.32 Å². The Bertz CT molecular complexity index is 753. The number of halogens is 2. The van der Waals surface area contributed by atoms with E-state index < -0.39 is 0 Å². The number of rotatable bonds is 2. The van der Waals surface area contributed by atoms with E-state index in [9.17, 15) is 0 Å². The Morgan fingerprint density at radius 1 is 1.16 bits per heavy atom. The zero-order chi connectivity index (χ0) is 13.4. The number of aromatic nitrogens is 4. The zero-order valence-corrected chi connectivity index (χ0v) is 11.4. The number of nitrogens with one attached hydrogen (secondary N) is 1. The summed E-state index contributed by atoms with van der Waals surface area (Å²) in [7, 11) is 1.77. The third kappa shape index (κ3) is 2.01. The molecule has 3 aromatic rings. The summed E-state index contributed by atoms with van der Waals surface area (Å²) in [5.74, 6) is 0.633. The van der Waals surface area contributed by atoms with Crippen LogP contribution >= 0.6 is 23.2 Å². The van der Waals surface area contributed by atoms with Crippen LogP contribution in [0.2, 0.25) is 10.3 Å². The third-order valence-electron chi connectivity index (χ3n) is 2.72. The maximum Gasteiger partial charge on any atom is 0.226 e. The first-order valence-corrected chi connectivity index (χ1v) is 6.30. The summed E-state index contributed by atoms with van der Waals surface area (Å²) >= 11 is 12.1. The van der Waals surface area contributed by atoms with Gasteiger partial charge in [-0.3, -0.25) is 0 Å². The molecule has 0 unspecified atom stereocenters. The van der Waals surface area contributed by atoms with E-state index >= 15 is 0 Å². The molecule has 0 aliphatic carbocycles. The van der Waals surface area contributed by atoms with Crippen molar-refractivity contribution in [3.05, 3.63) is 40.8 Å². The van der Waals surface area contributed by atoms with E-state index in [1.807, 2.05) is 18.2 Å². The minimum absolute atomic E-state index is 0.158. The Balaban J connectivity index is 2.32. The van der Waals surface area contributed by atoms with E-state index in [4.69, 9.17) is 23.2 Å². The molecular weight excluding hydrogens is 285 g/mol. The van der Waals surface area contributed by atoms with Gasteiger partial charge in [0.15, 0.2) is 5.65 Å². The Morgan fingerprint density at radius 3 is 2.68 bits per heavy atom. The average Bonchev–Trinajstić information content (AvgIpc) is 2.82. The first-order valence-electron chi connectivity index (χ1n) is 5.54. The van der Waals surface area contributed by atoms with Crippen LogP contribution in [0.3, 0.4) is 0 Å². The van der Waals surface area contributed by atoms with Crippen molar-refractivity contribution >= 4 is 40.1 Å². The highest BCUT2D eigenvalue weighted by Gasteiger charge is 2.13. The number of hydrogen-bond donors (Lipinski definition) is 1. The summed E-state index contributed by atoms with van der Waals surface area (Å²) < 4.78 is 1.64. The lowest BCUT2D eigenvalue weighted by atomic mass is 10.3. The van der Waals surface area contributed by atoms with Crippen LogP contribution in [0.1, 0.15) is 0 Å². The van der Waals surface area contributed by atoms with Crippen LogP contribution in [-0.2, 0) is 0 Å². The van der Waals surface area contributed by atoms with Crippen molar-refractivity contribution in [2.24, 2.45) is 0 Å². The van der Waals surface area contributed by atoms with Crippen LogP contribution in [0.25, 0.3) is 16.7 Å². The molecule has 2 heterocycles. The van der Waals surface area contributed by atoms with E-state index in [-0.39, 0.29) is 5.28 Å². The topological polar surface area (TPSA) is 55.6 Å². The Labute approximate surface area is 119 Å². The van der Waals surface area contributed by atoms with Crippen molar-refractivity contribution in [2.75, 3.05) is 12.4 Å². The lowest BCUT2D eigenvalue weighted by molar-refractivity contribution is 0.895. The van der Waals surface area contributed by atoms with Gasteiger partial charge in [0.05, 0.1) is 22.3 Å². The van der Waals surface area contributed by atoms with E-state index in [0.29, 0.717) is 16.5 Å². The first-order chi connectivity index (χ1) is 9.20. The Morgan fingerprint density at radius 2 is 1.95 bits per heavy atom. The first kappa shape index (κ1) is 12.2. The molecule has 2 aromatic heterocycles. The summed E-state index contributed by atoms with van der Waals surface area (Å²) in [4.78, 5) is 8.32. The predicted octanol–water partition coefficient (Wildman–Crippen LogP) is 3.16. The van der Waals surface area contributed by atoms with Crippen LogP contribution in [0.5, 0.6) is 0 Å². The van der Waals surface area contributed by atoms with Crippen molar-refractivity contribution in [3.8, 4) is 5.69 Å². The highest BCUT2D eigenvalue weighted by Crippen LogP contribution is 2.26. The maximum atomic E-state index is 6.18. The molecule has 0 spiro atoms. The fourth-order valence-corrected chi connectivity index (χ4v) is 2.25. The van der Waals surface area contributed by atoms with Crippen LogP contribution in [0.4, 0.5) is 5.82 Å². The molecule has 0 saturated carbocycles. The summed E-state index contributed by atoms with van der Waals surface area (Å²) in [6.07, 6.45) is 1.68. The molecule has 7 heteroatoms. The molecule has 0 aliphatic heterocycles. The van der Waals surface area contributed by atoms with E-state index in [0.717, 1.165) is 11.1 Å². The highest BCUT2D eigenvalue weighted by atomic mass is 35.5. The van der Waals surface area contributed by atoms with Crippen molar-refractivity contribution in [3.63, 3.8) is 0 Å². The number of benzene rings is 1. The molecule has 3 rings (SSSR count). The molecule has 0 saturated heterocycles. The highest BCUT2D eigenvalue weighted by molar-refractivity contribution is 6.32. The molecule has 0 fully saturated rings. The number of para-hydroxylation sites is 1. The van der Waals surface area contributed by atoms with Gasteiger partial charge in [-0.2, -0.15) is 15.1 Å². The van der Waals surface area contributed by atoms with Gasteiger partial charge in [-0.15, -0.1) is 0 Å². The van der Waals surface area contributed by atoms with Crippen molar-refractivity contribution in [1.82, 2.24) is 19.7 Å². The molecular formula is C12H9Cl2N5. The van der Waals surface area contributed by atoms with Crippen LogP contribution in [0.15, 0.2) is 30.5 Å². The standard InChI is InChI=1S/C12H9Cl2N5/c1-15-10-7-6-16-19(11(7)18-12(14)17-10)9-5-3-2-4-8(9)13/h2-6H,1H3,(H,15,17,18). The minimum atomic E-state index is 0.158. The summed E-state index contributed by atoms with van der Waals surface area (Å²) in [6.45, 7) is 0. The second-order valence-corrected chi connectivity index (χ2v) is 4.58. The molecule has 1 N–H and O–H groups in total. The third-order valence-corrected chi connectivity index (χ3v) is 3.21. The fourth-order valence-electron chi connectivity index (χ4n) is 1.87. The molecule has 0 amide bonds. The molecule has 0 radical (unpaired) electrons. The average molecular weight is 294 g/mol. The second kappa shape index (κ2) is 4.68. The minimum Gasteiger partial charge on any atom is -0.372 e. The lowest BCUT2D eigenvalue weighted by Gasteiger charge is -2.06. The van der Waals surface area contributed by atoms with Crippen LogP contribution in [-0.4, -0.2) is 26.8 Å². The fraction of sp³-hybridized carbons (Fsp3) is 0.0833. The van der Waals surface area contributed by atoms with Gasteiger partial charge in [0.25, 0.3) is 0 Å². The maximum absolute atomic E-state index is 6.18. The van der Waals surface area contributed by atoms with Crippen molar-refractivity contribution in [2.45, 2.75) is 0 Å². The normalized spacial score (nSPS) is 10.9. The van der Waals surface area contributed by atoms with E-state index in [1.54, 1.807) is 24.0 Å². The van der Waals surface area contributed by atoms with Gasteiger partial charge in [0.1, 0.15) is 5.82 Å². The molecule has 0 atom stereocenters. The van der Waals surface area contributed by atoms with Crippen molar-refractivity contribution < 1.29 is 0 Å². The SMILES string of the molecule is CNc1nc(Cl)nc2c1cnn2-c1ccccc1Cl. The smallest absolute Gasteiger partial charge is 0.226 e. The number of nitrogens with zero attached hydrogens (tertiary/aromatic N) is 4. The molecule has 0 aliphatic rings. The monoisotopic (exact) mass is 293 g/mol. The number of hydrogen-bond acceptors (Lipinski definition) is 4. The lowest BCUT2D eigenvalue weighted by Crippen LogP contribution is -2.00. The van der Waals surface area contributed by atoms with Gasteiger partial charge >= 0.3 is 0 Å². The van der Waals surface area contributed by atoms with E-state index in [2.05, 4.69) is 20.4 Å². The molecule has 19 heavy (non-hydrogen) atoms. The molecule has 0 bridgehead atoms. The zero-order valence-electron chi connectivity index (χ0n) is 9.93. The summed E-state index contributed by atoms with van der Waals surface area (Å²) in [6, 6.07) is 7.41. The summed E-state index contributed by atoms with van der Waals surface area (Å²) in [5.41, 5.74) is 1.36. The Hall–Kier alpha value is -1.85. The molecule has 1 aromatic carbocycles. The van der Waals surface area contributed by atoms with E-state index in [1.165, 1.54) is 0 Å². The summed E-state index contributed by atoms with van der Waals surface area (Å²) in [5, 5.41) is 8.81. The van der Waals surface area contributed by atoms with Crippen molar-refractivity contribution in [1.29, 1.82) is 0 Å². The largest absolute Gasteiger partial charge is 0.372 e.